The fourth-order valence-corrected chi connectivity index (χ4v) is 4.40. The van der Waals surface area contributed by atoms with Gasteiger partial charge in [-0.1, -0.05) is 6.07 Å². The molecule has 1 aliphatic rings. The highest BCUT2D eigenvalue weighted by Crippen LogP contribution is 2.46. The van der Waals surface area contributed by atoms with Gasteiger partial charge in [-0.15, -0.1) is 16.4 Å². The molecule has 3 aromatic heterocycles. The Morgan fingerprint density at radius 3 is 2.76 bits per heavy atom. The van der Waals surface area contributed by atoms with Crippen molar-refractivity contribution in [1.82, 2.24) is 19.7 Å². The molecule has 2 atom stereocenters. The number of aryl methyl sites for hydroxylation is 6. The van der Waals surface area contributed by atoms with Crippen molar-refractivity contribution in [3.63, 3.8) is 0 Å². The quantitative estimate of drug-likeness (QED) is 0.596. The minimum absolute atomic E-state index is 0.0736. The highest BCUT2D eigenvalue weighted by Gasteiger charge is 2.40. The zero-order valence-electron chi connectivity index (χ0n) is 17.3. The van der Waals surface area contributed by atoms with E-state index in [2.05, 4.69) is 34.1 Å². The topological polar surface area (TPSA) is 69.9 Å². The Bertz CT molecular complexity index is 1050. The molecular formula is C22H26N4O2S. The molecule has 0 bridgehead atoms. The molecule has 0 aliphatic heterocycles. The summed E-state index contributed by atoms with van der Waals surface area (Å²) in [6.07, 6.45) is 4.38. The maximum absolute atomic E-state index is 12.4. The van der Waals surface area contributed by atoms with Crippen LogP contribution in [0.5, 0.6) is 5.88 Å². The van der Waals surface area contributed by atoms with Gasteiger partial charge in [-0.05, 0) is 45.2 Å². The highest BCUT2D eigenvalue weighted by atomic mass is 32.1. The van der Waals surface area contributed by atoms with E-state index < -0.39 is 0 Å². The van der Waals surface area contributed by atoms with Crippen LogP contribution in [0.2, 0.25) is 0 Å². The molecule has 1 aliphatic carbocycles. The first-order chi connectivity index (χ1) is 13.9. The van der Waals surface area contributed by atoms with Gasteiger partial charge < -0.3 is 4.74 Å². The van der Waals surface area contributed by atoms with Crippen molar-refractivity contribution in [2.24, 2.45) is 13.0 Å². The first kappa shape index (κ1) is 19.8. The Morgan fingerprint density at radius 1 is 1.24 bits per heavy atom. The Balaban J connectivity index is 1.38. The summed E-state index contributed by atoms with van der Waals surface area (Å²) < 4.78 is 7.32. The molecule has 0 saturated heterocycles. The molecule has 1 fully saturated rings. The third kappa shape index (κ3) is 4.56. The summed E-state index contributed by atoms with van der Waals surface area (Å²) in [4.78, 5) is 22.8. The molecular weight excluding hydrogens is 384 g/mol. The van der Waals surface area contributed by atoms with Crippen LogP contribution in [-0.4, -0.2) is 26.4 Å². The minimum atomic E-state index is -0.0736. The molecule has 0 spiro atoms. The molecule has 4 rings (SSSR count). The third-order valence-electron chi connectivity index (χ3n) is 5.48. The second kappa shape index (κ2) is 8.06. The lowest BCUT2D eigenvalue weighted by atomic mass is 10.1. The molecule has 3 heterocycles. The van der Waals surface area contributed by atoms with E-state index in [0.717, 1.165) is 34.8 Å². The summed E-state index contributed by atoms with van der Waals surface area (Å²) in [5.74, 6) is 1.42. The molecule has 7 heteroatoms. The van der Waals surface area contributed by atoms with Crippen molar-refractivity contribution in [3.05, 3.63) is 67.1 Å². The van der Waals surface area contributed by atoms with Crippen LogP contribution >= 0.6 is 11.3 Å². The Kier molecular flexibility index (Phi) is 5.50. The molecule has 0 N–H and O–H groups in total. The monoisotopic (exact) mass is 410 g/mol. The Morgan fingerprint density at radius 2 is 2.07 bits per heavy atom. The van der Waals surface area contributed by atoms with Crippen molar-refractivity contribution in [3.8, 4) is 5.88 Å². The van der Waals surface area contributed by atoms with Crippen LogP contribution in [0.4, 0.5) is 0 Å². The summed E-state index contributed by atoms with van der Waals surface area (Å²) in [7, 11) is 1.67. The largest absolute Gasteiger partial charge is 0.476 e. The standard InChI is InChI=1S/C22H26N4O2S/c1-13-5-7-19(23-11-13)18-9-17(18)12-28-20-10-16(22(27)26(4)25-20)6-8-21-24-14(2)15(3)29-21/h5,7,10-11,17-18H,6,8-9,12H2,1-4H3/t17-,18+/m1/s1. The fraction of sp³-hybridized carbons (Fsp3) is 0.455. The lowest BCUT2D eigenvalue weighted by molar-refractivity contribution is 0.277. The first-order valence-corrected chi connectivity index (χ1v) is 10.8. The molecule has 0 unspecified atom stereocenters. The van der Waals surface area contributed by atoms with Gasteiger partial charge in [0.2, 0.25) is 5.88 Å². The third-order valence-corrected chi connectivity index (χ3v) is 6.61. The van der Waals surface area contributed by atoms with E-state index >= 15 is 0 Å². The fourth-order valence-electron chi connectivity index (χ4n) is 3.46. The van der Waals surface area contributed by atoms with Crippen molar-refractivity contribution >= 4 is 11.3 Å². The van der Waals surface area contributed by atoms with Gasteiger partial charge in [0, 0.05) is 53.7 Å². The predicted octanol–water partition coefficient (Wildman–Crippen LogP) is 3.52. The number of thiazole rings is 1. The lowest BCUT2D eigenvalue weighted by Crippen LogP contribution is -2.24. The van der Waals surface area contributed by atoms with Gasteiger partial charge in [0.05, 0.1) is 17.3 Å². The number of pyridine rings is 1. The van der Waals surface area contributed by atoms with Gasteiger partial charge in [0.25, 0.3) is 5.56 Å². The van der Waals surface area contributed by atoms with Crippen LogP contribution in [0.15, 0.2) is 29.2 Å². The van der Waals surface area contributed by atoms with E-state index in [4.69, 9.17) is 4.74 Å². The number of nitrogens with zero attached hydrogens (tertiary/aromatic N) is 4. The van der Waals surface area contributed by atoms with Gasteiger partial charge in [-0.2, -0.15) is 0 Å². The van der Waals surface area contributed by atoms with E-state index in [1.54, 1.807) is 24.5 Å². The van der Waals surface area contributed by atoms with Crippen molar-refractivity contribution in [2.75, 3.05) is 6.61 Å². The van der Waals surface area contributed by atoms with Crippen LogP contribution in [0.3, 0.4) is 0 Å². The first-order valence-electron chi connectivity index (χ1n) is 9.96. The molecule has 0 radical (unpaired) electrons. The van der Waals surface area contributed by atoms with E-state index in [-0.39, 0.29) is 5.56 Å². The molecule has 1 saturated carbocycles. The lowest BCUT2D eigenvalue weighted by Gasteiger charge is -2.09. The number of rotatable bonds is 7. The number of aromatic nitrogens is 4. The second-order valence-corrected chi connectivity index (χ2v) is 9.15. The normalized spacial score (nSPS) is 18.1. The zero-order chi connectivity index (χ0) is 20.5. The maximum atomic E-state index is 12.4. The SMILES string of the molecule is Cc1ccc([C@H]2C[C@@H]2COc2cc(CCc3nc(C)c(C)s3)c(=O)n(C)n2)nc1. The van der Waals surface area contributed by atoms with Crippen LogP contribution < -0.4 is 10.3 Å². The van der Waals surface area contributed by atoms with Gasteiger partial charge >= 0.3 is 0 Å². The summed E-state index contributed by atoms with van der Waals surface area (Å²) in [6.45, 7) is 6.73. The summed E-state index contributed by atoms with van der Waals surface area (Å²) in [6, 6.07) is 5.99. The van der Waals surface area contributed by atoms with Gasteiger partial charge in [0.15, 0.2) is 0 Å². The summed E-state index contributed by atoms with van der Waals surface area (Å²) >= 11 is 1.70. The predicted molar refractivity (Wildman–Crippen MR) is 114 cm³/mol. The van der Waals surface area contributed by atoms with Gasteiger partial charge in [0.1, 0.15) is 0 Å². The average molecular weight is 411 g/mol. The Labute approximate surface area is 174 Å². The molecule has 3 aromatic rings. The smallest absolute Gasteiger partial charge is 0.269 e. The van der Waals surface area contributed by atoms with E-state index in [0.29, 0.717) is 30.7 Å². The van der Waals surface area contributed by atoms with Crippen LogP contribution in [0.25, 0.3) is 0 Å². The van der Waals surface area contributed by atoms with Crippen LogP contribution in [-0.2, 0) is 19.9 Å². The van der Waals surface area contributed by atoms with Gasteiger partial charge in [-0.3, -0.25) is 9.78 Å². The van der Waals surface area contributed by atoms with E-state index in [9.17, 15) is 4.79 Å². The van der Waals surface area contributed by atoms with E-state index in [1.807, 2.05) is 20.0 Å². The average Bonchev–Trinajstić information content (AvgIpc) is 3.40. The van der Waals surface area contributed by atoms with E-state index in [1.165, 1.54) is 15.1 Å². The van der Waals surface area contributed by atoms with Crippen molar-refractivity contribution in [2.45, 2.75) is 46.0 Å². The summed E-state index contributed by atoms with van der Waals surface area (Å²) in [5.41, 5.74) is 4.02. The second-order valence-electron chi connectivity index (χ2n) is 7.86. The molecule has 152 valence electrons. The van der Waals surface area contributed by atoms with Crippen molar-refractivity contribution < 1.29 is 4.74 Å². The van der Waals surface area contributed by atoms with Crippen LogP contribution in [0.1, 0.15) is 44.7 Å². The Hall–Kier alpha value is -2.54. The highest BCUT2D eigenvalue weighted by molar-refractivity contribution is 7.11. The number of hydrogen-bond donors (Lipinski definition) is 0. The molecule has 29 heavy (non-hydrogen) atoms. The zero-order valence-corrected chi connectivity index (χ0v) is 18.1. The summed E-state index contributed by atoms with van der Waals surface area (Å²) in [5, 5.41) is 5.33. The number of hydrogen-bond acceptors (Lipinski definition) is 6. The maximum Gasteiger partial charge on any atom is 0.269 e. The number of ether oxygens (including phenoxy) is 1. The van der Waals surface area contributed by atoms with Crippen LogP contribution in [0, 0.1) is 26.7 Å². The molecule has 0 amide bonds. The molecule has 0 aromatic carbocycles. The van der Waals surface area contributed by atoms with Gasteiger partial charge in [-0.25, -0.2) is 9.67 Å². The molecule has 6 nitrogen and oxygen atoms in total. The van der Waals surface area contributed by atoms with Crippen molar-refractivity contribution in [1.29, 1.82) is 0 Å². The minimum Gasteiger partial charge on any atom is -0.476 e.